The number of nitrogens with zero attached hydrogens (tertiary/aromatic N) is 2. The standard InChI is InChI=1S/C14H28N4OS/c1-6-11-10-18(7-8-20-11)13(15-5)16-9-12(19)17-14(2,3)4/h11H,6-10H2,1-5H3,(H,15,16)(H,17,19). The molecule has 0 radical (unpaired) electrons. The van der Waals surface area contributed by atoms with Crippen molar-refractivity contribution in [3.8, 4) is 0 Å². The van der Waals surface area contributed by atoms with E-state index in [1.54, 1.807) is 7.05 Å². The Kier molecular flexibility index (Phi) is 6.65. The van der Waals surface area contributed by atoms with Gasteiger partial charge in [-0.2, -0.15) is 11.8 Å². The summed E-state index contributed by atoms with van der Waals surface area (Å²) in [7, 11) is 1.77. The van der Waals surface area contributed by atoms with Crippen molar-refractivity contribution in [3.63, 3.8) is 0 Å². The minimum absolute atomic E-state index is 0.00271. The molecule has 0 aromatic heterocycles. The molecule has 0 bridgehead atoms. The molecule has 6 heteroatoms. The number of rotatable bonds is 3. The summed E-state index contributed by atoms with van der Waals surface area (Å²) in [6.45, 7) is 10.4. The minimum Gasteiger partial charge on any atom is -0.350 e. The highest BCUT2D eigenvalue weighted by molar-refractivity contribution is 8.00. The van der Waals surface area contributed by atoms with Gasteiger partial charge in [-0.05, 0) is 27.2 Å². The lowest BCUT2D eigenvalue weighted by atomic mass is 10.1. The number of hydrogen-bond donors (Lipinski definition) is 2. The fraction of sp³-hybridized carbons (Fsp3) is 0.857. The molecule has 2 N–H and O–H groups in total. The zero-order valence-corrected chi connectivity index (χ0v) is 14.1. The van der Waals surface area contributed by atoms with E-state index >= 15 is 0 Å². The van der Waals surface area contributed by atoms with Gasteiger partial charge >= 0.3 is 0 Å². The van der Waals surface area contributed by atoms with E-state index in [-0.39, 0.29) is 18.0 Å². The summed E-state index contributed by atoms with van der Waals surface area (Å²) < 4.78 is 0. The van der Waals surface area contributed by atoms with Gasteiger partial charge in [0.1, 0.15) is 0 Å². The van der Waals surface area contributed by atoms with E-state index in [0.717, 1.165) is 24.8 Å². The largest absolute Gasteiger partial charge is 0.350 e. The van der Waals surface area contributed by atoms with E-state index in [1.165, 1.54) is 6.42 Å². The molecule has 0 spiro atoms. The van der Waals surface area contributed by atoms with Crippen LogP contribution in [0.2, 0.25) is 0 Å². The van der Waals surface area contributed by atoms with Crippen molar-refractivity contribution in [2.24, 2.45) is 4.99 Å². The van der Waals surface area contributed by atoms with Gasteiger partial charge in [-0.1, -0.05) is 6.92 Å². The second kappa shape index (κ2) is 7.76. The zero-order valence-electron chi connectivity index (χ0n) is 13.3. The molecule has 0 saturated carbocycles. The number of aliphatic imine (C=N–C) groups is 1. The summed E-state index contributed by atoms with van der Waals surface area (Å²) >= 11 is 2.02. The van der Waals surface area contributed by atoms with E-state index in [1.807, 2.05) is 32.5 Å². The molecule has 1 heterocycles. The maximum atomic E-state index is 11.8. The van der Waals surface area contributed by atoms with Gasteiger partial charge in [0.15, 0.2) is 5.96 Å². The maximum absolute atomic E-state index is 11.8. The Hall–Kier alpha value is -0.910. The van der Waals surface area contributed by atoms with E-state index in [0.29, 0.717) is 5.25 Å². The zero-order chi connectivity index (χ0) is 15.2. The average molecular weight is 300 g/mol. The highest BCUT2D eigenvalue weighted by Gasteiger charge is 2.22. The van der Waals surface area contributed by atoms with Crippen molar-refractivity contribution in [1.29, 1.82) is 0 Å². The molecule has 1 unspecified atom stereocenters. The van der Waals surface area contributed by atoms with Crippen LogP contribution in [-0.2, 0) is 4.79 Å². The van der Waals surface area contributed by atoms with Crippen LogP contribution in [0.15, 0.2) is 4.99 Å². The molecule has 0 aliphatic carbocycles. The van der Waals surface area contributed by atoms with Gasteiger partial charge in [-0.3, -0.25) is 9.79 Å². The van der Waals surface area contributed by atoms with Gasteiger partial charge in [0.25, 0.3) is 0 Å². The monoisotopic (exact) mass is 300 g/mol. The number of guanidine groups is 1. The Morgan fingerprint density at radius 2 is 2.15 bits per heavy atom. The molecule has 1 rings (SSSR count). The molecule has 1 saturated heterocycles. The Bertz CT molecular complexity index is 352. The molecule has 1 aliphatic heterocycles. The van der Waals surface area contributed by atoms with Crippen molar-refractivity contribution in [3.05, 3.63) is 0 Å². The molecule has 1 atom stereocenters. The lowest BCUT2D eigenvalue weighted by Crippen LogP contribution is -2.51. The summed E-state index contributed by atoms with van der Waals surface area (Å²) in [6.07, 6.45) is 1.17. The van der Waals surface area contributed by atoms with Crippen LogP contribution < -0.4 is 10.6 Å². The first kappa shape index (κ1) is 17.1. The second-order valence-electron chi connectivity index (χ2n) is 6.05. The Balaban J connectivity index is 2.45. The smallest absolute Gasteiger partial charge is 0.239 e. The second-order valence-corrected chi connectivity index (χ2v) is 7.45. The molecular formula is C14H28N4OS. The van der Waals surface area contributed by atoms with Gasteiger partial charge in [0.2, 0.25) is 5.91 Å². The maximum Gasteiger partial charge on any atom is 0.239 e. The first-order valence-corrected chi connectivity index (χ1v) is 8.28. The molecule has 0 aromatic carbocycles. The van der Waals surface area contributed by atoms with Gasteiger partial charge in [-0.25, -0.2) is 0 Å². The third-order valence-corrected chi connectivity index (χ3v) is 4.40. The average Bonchev–Trinajstić information content (AvgIpc) is 2.37. The number of carbonyl (C=O) groups excluding carboxylic acids is 1. The van der Waals surface area contributed by atoms with Crippen LogP contribution in [0.25, 0.3) is 0 Å². The number of amides is 1. The Morgan fingerprint density at radius 1 is 1.45 bits per heavy atom. The lowest BCUT2D eigenvalue weighted by Gasteiger charge is -2.34. The number of carbonyl (C=O) groups is 1. The predicted octanol–water partition coefficient (Wildman–Crippen LogP) is 1.30. The van der Waals surface area contributed by atoms with Crippen molar-refractivity contribution >= 4 is 23.6 Å². The number of nitrogens with one attached hydrogen (secondary N) is 2. The van der Waals surface area contributed by atoms with Crippen LogP contribution in [-0.4, -0.2) is 60.0 Å². The van der Waals surface area contributed by atoms with Crippen molar-refractivity contribution < 1.29 is 4.79 Å². The van der Waals surface area contributed by atoms with Crippen molar-refractivity contribution in [1.82, 2.24) is 15.5 Å². The SMILES string of the molecule is CCC1CN(C(=NC)NCC(=O)NC(C)(C)C)CCS1. The minimum atomic E-state index is -0.197. The number of thioether (sulfide) groups is 1. The molecule has 1 fully saturated rings. The molecule has 5 nitrogen and oxygen atoms in total. The van der Waals surface area contributed by atoms with Crippen LogP contribution in [0, 0.1) is 0 Å². The summed E-state index contributed by atoms with van der Waals surface area (Å²) in [6, 6.07) is 0. The van der Waals surface area contributed by atoms with Gasteiger partial charge in [0, 0.05) is 36.7 Å². The molecular weight excluding hydrogens is 272 g/mol. The fourth-order valence-corrected chi connectivity index (χ4v) is 3.29. The Labute approximate surface area is 127 Å². The summed E-state index contributed by atoms with van der Waals surface area (Å²) in [5.41, 5.74) is -0.197. The van der Waals surface area contributed by atoms with E-state index in [4.69, 9.17) is 0 Å². The van der Waals surface area contributed by atoms with Gasteiger partial charge in [0.05, 0.1) is 6.54 Å². The molecule has 20 heavy (non-hydrogen) atoms. The third-order valence-electron chi connectivity index (χ3n) is 3.03. The van der Waals surface area contributed by atoms with Crippen LogP contribution in [0.4, 0.5) is 0 Å². The quantitative estimate of drug-likeness (QED) is 0.609. The lowest BCUT2D eigenvalue weighted by molar-refractivity contribution is -0.121. The predicted molar refractivity (Wildman–Crippen MR) is 87.4 cm³/mol. The van der Waals surface area contributed by atoms with E-state index in [9.17, 15) is 4.79 Å². The van der Waals surface area contributed by atoms with Crippen molar-refractivity contribution in [2.75, 3.05) is 32.4 Å². The van der Waals surface area contributed by atoms with E-state index < -0.39 is 0 Å². The molecule has 0 aromatic rings. The molecule has 1 aliphatic rings. The summed E-state index contributed by atoms with van der Waals surface area (Å²) in [5, 5.41) is 6.76. The first-order valence-electron chi connectivity index (χ1n) is 7.24. The van der Waals surface area contributed by atoms with Crippen LogP contribution in [0.1, 0.15) is 34.1 Å². The first-order chi connectivity index (χ1) is 9.35. The number of hydrogen-bond acceptors (Lipinski definition) is 3. The van der Waals surface area contributed by atoms with Gasteiger partial charge < -0.3 is 15.5 Å². The normalized spacial score (nSPS) is 20.8. The summed E-state index contributed by atoms with van der Waals surface area (Å²) in [4.78, 5) is 18.4. The molecule has 116 valence electrons. The van der Waals surface area contributed by atoms with Crippen LogP contribution in [0.5, 0.6) is 0 Å². The third kappa shape index (κ3) is 6.03. The summed E-state index contributed by atoms with van der Waals surface area (Å²) in [5.74, 6) is 1.94. The fourth-order valence-electron chi connectivity index (χ4n) is 2.11. The van der Waals surface area contributed by atoms with Crippen LogP contribution in [0.3, 0.4) is 0 Å². The van der Waals surface area contributed by atoms with Crippen molar-refractivity contribution in [2.45, 2.75) is 44.9 Å². The van der Waals surface area contributed by atoms with E-state index in [2.05, 4.69) is 27.4 Å². The van der Waals surface area contributed by atoms with Gasteiger partial charge in [-0.15, -0.1) is 0 Å². The molecule has 1 amide bonds. The van der Waals surface area contributed by atoms with Crippen LogP contribution >= 0.6 is 11.8 Å². The highest BCUT2D eigenvalue weighted by Crippen LogP contribution is 2.20. The highest BCUT2D eigenvalue weighted by atomic mass is 32.2. The Morgan fingerprint density at radius 3 is 2.70 bits per heavy atom. The topological polar surface area (TPSA) is 56.7 Å².